The first kappa shape index (κ1) is 14.0. The number of carbonyl (C=O) groups excluding carboxylic acids is 1. The average molecular weight is 262 g/mol. The van der Waals surface area contributed by atoms with Gasteiger partial charge in [-0.05, 0) is 50.4 Å². The van der Waals surface area contributed by atoms with Crippen LogP contribution in [0.2, 0.25) is 0 Å². The zero-order valence-corrected chi connectivity index (χ0v) is 11.6. The Morgan fingerprint density at radius 1 is 1.42 bits per heavy atom. The molecule has 0 atom stereocenters. The molecule has 1 amide bonds. The molecule has 0 unspecified atom stereocenters. The summed E-state index contributed by atoms with van der Waals surface area (Å²) in [6.45, 7) is 4.68. The number of carbonyl (C=O) groups is 1. The van der Waals surface area contributed by atoms with Crippen LogP contribution in [0.25, 0.3) is 0 Å². The fourth-order valence-electron chi connectivity index (χ4n) is 2.75. The maximum atomic E-state index is 12.2. The predicted molar refractivity (Wildman–Crippen MR) is 76.2 cm³/mol. The van der Waals surface area contributed by atoms with Crippen LogP contribution in [0.3, 0.4) is 0 Å². The van der Waals surface area contributed by atoms with E-state index >= 15 is 0 Å². The molecule has 3 N–H and O–H groups in total. The molecule has 0 aliphatic carbocycles. The van der Waals surface area contributed by atoms with Crippen molar-refractivity contribution < 1.29 is 9.90 Å². The van der Waals surface area contributed by atoms with Crippen LogP contribution < -0.4 is 10.6 Å². The van der Waals surface area contributed by atoms with Gasteiger partial charge < -0.3 is 15.7 Å². The molecule has 2 rings (SSSR count). The van der Waals surface area contributed by atoms with E-state index in [-0.39, 0.29) is 18.1 Å². The SMILES string of the molecule is CC(C)(CCO)N1C(=O)Cc2cc(CCN)ccc21. The number of rotatable bonds is 5. The average Bonchev–Trinajstić information content (AvgIpc) is 2.65. The topological polar surface area (TPSA) is 66.6 Å². The predicted octanol–water partition coefficient (Wildman–Crippen LogP) is 1.24. The van der Waals surface area contributed by atoms with Gasteiger partial charge in [-0.15, -0.1) is 0 Å². The summed E-state index contributed by atoms with van der Waals surface area (Å²) in [5.74, 6) is 0.110. The lowest BCUT2D eigenvalue weighted by Gasteiger charge is -2.35. The Bertz CT molecular complexity index is 483. The molecule has 19 heavy (non-hydrogen) atoms. The molecule has 4 nitrogen and oxygen atoms in total. The summed E-state index contributed by atoms with van der Waals surface area (Å²) >= 11 is 0. The third-order valence-electron chi connectivity index (χ3n) is 3.74. The Morgan fingerprint density at radius 2 is 2.16 bits per heavy atom. The highest BCUT2D eigenvalue weighted by Gasteiger charge is 2.37. The molecule has 0 spiro atoms. The summed E-state index contributed by atoms with van der Waals surface area (Å²) in [4.78, 5) is 14.1. The lowest BCUT2D eigenvalue weighted by molar-refractivity contribution is -0.118. The van der Waals surface area contributed by atoms with Crippen LogP contribution in [0.4, 0.5) is 5.69 Å². The second-order valence-electron chi connectivity index (χ2n) is 5.69. The first-order valence-electron chi connectivity index (χ1n) is 6.75. The van der Waals surface area contributed by atoms with E-state index in [9.17, 15) is 4.79 Å². The monoisotopic (exact) mass is 262 g/mol. The van der Waals surface area contributed by atoms with Crippen molar-refractivity contribution in [3.05, 3.63) is 29.3 Å². The molecule has 1 aliphatic rings. The lowest BCUT2D eigenvalue weighted by Crippen LogP contribution is -2.46. The van der Waals surface area contributed by atoms with Gasteiger partial charge in [-0.1, -0.05) is 12.1 Å². The van der Waals surface area contributed by atoms with E-state index < -0.39 is 0 Å². The molecule has 0 aromatic heterocycles. The fourth-order valence-corrected chi connectivity index (χ4v) is 2.75. The third kappa shape index (κ3) is 2.65. The second-order valence-corrected chi connectivity index (χ2v) is 5.69. The fraction of sp³-hybridized carbons (Fsp3) is 0.533. The number of aliphatic hydroxyl groups is 1. The van der Waals surface area contributed by atoms with E-state index in [0.29, 0.717) is 19.4 Å². The molecule has 1 aromatic carbocycles. The molecular weight excluding hydrogens is 240 g/mol. The highest BCUT2D eigenvalue weighted by molar-refractivity contribution is 6.02. The maximum Gasteiger partial charge on any atom is 0.231 e. The Hall–Kier alpha value is -1.39. The van der Waals surface area contributed by atoms with Crippen molar-refractivity contribution in [2.75, 3.05) is 18.1 Å². The standard InChI is InChI=1S/C15H22N2O2/c1-15(2,6-8-18)17-13-4-3-11(5-7-16)9-12(13)10-14(17)19/h3-4,9,18H,5-8,10,16H2,1-2H3. The van der Waals surface area contributed by atoms with Crippen molar-refractivity contribution in [2.24, 2.45) is 5.73 Å². The van der Waals surface area contributed by atoms with Gasteiger partial charge in [0.05, 0.1) is 6.42 Å². The molecule has 0 saturated heterocycles. The summed E-state index contributed by atoms with van der Waals surface area (Å²) < 4.78 is 0. The lowest BCUT2D eigenvalue weighted by atomic mass is 9.98. The van der Waals surface area contributed by atoms with Crippen LogP contribution in [0.15, 0.2) is 18.2 Å². The van der Waals surface area contributed by atoms with Gasteiger partial charge in [0.25, 0.3) is 0 Å². The van der Waals surface area contributed by atoms with Crippen molar-refractivity contribution in [1.82, 2.24) is 0 Å². The van der Waals surface area contributed by atoms with Crippen LogP contribution in [0.1, 0.15) is 31.4 Å². The Labute approximate surface area is 114 Å². The van der Waals surface area contributed by atoms with E-state index in [1.165, 1.54) is 5.56 Å². The zero-order valence-electron chi connectivity index (χ0n) is 11.6. The Balaban J connectivity index is 2.34. The quantitative estimate of drug-likeness (QED) is 0.839. The Morgan fingerprint density at radius 3 is 2.79 bits per heavy atom. The van der Waals surface area contributed by atoms with Gasteiger partial charge in [0, 0.05) is 17.8 Å². The number of amides is 1. The smallest absolute Gasteiger partial charge is 0.231 e. The zero-order chi connectivity index (χ0) is 14.0. The minimum absolute atomic E-state index is 0.0807. The molecule has 4 heteroatoms. The van der Waals surface area contributed by atoms with Crippen LogP contribution in [-0.2, 0) is 17.6 Å². The number of anilines is 1. The highest BCUT2D eigenvalue weighted by atomic mass is 16.3. The van der Waals surface area contributed by atoms with Gasteiger partial charge in [-0.25, -0.2) is 0 Å². The molecule has 1 heterocycles. The van der Waals surface area contributed by atoms with Crippen LogP contribution in [-0.4, -0.2) is 29.7 Å². The van der Waals surface area contributed by atoms with Gasteiger partial charge >= 0.3 is 0 Å². The summed E-state index contributed by atoms with van der Waals surface area (Å²) in [7, 11) is 0. The third-order valence-corrected chi connectivity index (χ3v) is 3.74. The molecule has 0 fully saturated rings. The molecule has 0 saturated carbocycles. The molecule has 0 bridgehead atoms. The first-order valence-corrected chi connectivity index (χ1v) is 6.75. The number of benzene rings is 1. The number of hydrogen-bond acceptors (Lipinski definition) is 3. The molecule has 1 aromatic rings. The summed E-state index contributed by atoms with van der Waals surface area (Å²) in [5, 5.41) is 9.16. The number of nitrogens with two attached hydrogens (primary N) is 1. The van der Waals surface area contributed by atoms with E-state index in [1.54, 1.807) is 0 Å². The number of hydrogen-bond donors (Lipinski definition) is 2. The minimum Gasteiger partial charge on any atom is -0.396 e. The second kappa shape index (κ2) is 5.31. The van der Waals surface area contributed by atoms with Crippen molar-refractivity contribution in [3.8, 4) is 0 Å². The summed E-state index contributed by atoms with van der Waals surface area (Å²) in [5.41, 5.74) is 8.43. The molecule has 1 aliphatic heterocycles. The van der Waals surface area contributed by atoms with Gasteiger partial charge in [0.2, 0.25) is 5.91 Å². The maximum absolute atomic E-state index is 12.2. The van der Waals surface area contributed by atoms with Crippen molar-refractivity contribution >= 4 is 11.6 Å². The van der Waals surface area contributed by atoms with E-state index in [1.807, 2.05) is 30.9 Å². The molecule has 0 radical (unpaired) electrons. The molecule has 104 valence electrons. The minimum atomic E-state index is -0.355. The van der Waals surface area contributed by atoms with E-state index in [0.717, 1.165) is 17.7 Å². The Kier molecular flexibility index (Phi) is 3.92. The number of nitrogens with zero attached hydrogens (tertiary/aromatic N) is 1. The van der Waals surface area contributed by atoms with Gasteiger partial charge in [0.1, 0.15) is 0 Å². The van der Waals surface area contributed by atoms with Crippen LogP contribution in [0.5, 0.6) is 0 Å². The van der Waals surface area contributed by atoms with E-state index in [2.05, 4.69) is 6.07 Å². The first-order chi connectivity index (χ1) is 8.99. The summed E-state index contributed by atoms with van der Waals surface area (Å²) in [6.07, 6.45) is 1.85. The van der Waals surface area contributed by atoms with Crippen molar-refractivity contribution in [3.63, 3.8) is 0 Å². The van der Waals surface area contributed by atoms with Gasteiger partial charge in [-0.2, -0.15) is 0 Å². The van der Waals surface area contributed by atoms with E-state index in [4.69, 9.17) is 10.8 Å². The molecular formula is C15H22N2O2. The summed E-state index contributed by atoms with van der Waals surface area (Å²) in [6, 6.07) is 6.12. The normalized spacial score (nSPS) is 14.9. The van der Waals surface area contributed by atoms with Crippen LogP contribution >= 0.6 is 0 Å². The van der Waals surface area contributed by atoms with Crippen LogP contribution in [0, 0.1) is 0 Å². The van der Waals surface area contributed by atoms with Gasteiger partial charge in [-0.3, -0.25) is 4.79 Å². The highest BCUT2D eigenvalue weighted by Crippen LogP contribution is 2.36. The number of fused-ring (bicyclic) bond motifs is 1. The van der Waals surface area contributed by atoms with Crippen molar-refractivity contribution in [2.45, 2.75) is 38.6 Å². The van der Waals surface area contributed by atoms with Gasteiger partial charge in [0.15, 0.2) is 0 Å². The number of aliphatic hydroxyl groups excluding tert-OH is 1. The van der Waals surface area contributed by atoms with Crippen molar-refractivity contribution in [1.29, 1.82) is 0 Å². The largest absolute Gasteiger partial charge is 0.396 e.